The molecule has 0 spiro atoms. The third-order valence-electron chi connectivity index (χ3n) is 7.32. The minimum atomic E-state index is -3.88. The second kappa shape index (κ2) is 10.2. The lowest BCUT2D eigenvalue weighted by atomic mass is 9.91. The van der Waals surface area contributed by atoms with Gasteiger partial charge in [0.1, 0.15) is 0 Å². The molecule has 6 nitrogen and oxygen atoms in total. The van der Waals surface area contributed by atoms with Gasteiger partial charge in [0.25, 0.3) is 10.0 Å². The van der Waals surface area contributed by atoms with Gasteiger partial charge in [-0.25, -0.2) is 8.42 Å². The lowest BCUT2D eigenvalue weighted by molar-refractivity contribution is -0.117. The Bertz CT molecular complexity index is 1810. The summed E-state index contributed by atoms with van der Waals surface area (Å²) in [6.45, 7) is 2.74. The lowest BCUT2D eigenvalue weighted by Crippen LogP contribution is -2.35. The predicted octanol–water partition coefficient (Wildman–Crippen LogP) is 6.46. The minimum absolute atomic E-state index is 0.0916. The van der Waals surface area contributed by atoms with E-state index in [-0.39, 0.29) is 16.8 Å². The molecule has 5 aromatic carbocycles. The van der Waals surface area contributed by atoms with Gasteiger partial charge < -0.3 is 10.6 Å². The first-order valence-corrected chi connectivity index (χ1v) is 14.6. The molecule has 1 amide bonds. The summed E-state index contributed by atoms with van der Waals surface area (Å²) in [5.41, 5.74) is 3.56. The van der Waals surface area contributed by atoms with Crippen molar-refractivity contribution in [3.63, 3.8) is 0 Å². The van der Waals surface area contributed by atoms with Gasteiger partial charge in [-0.1, -0.05) is 78.4 Å². The number of rotatable bonds is 6. The Morgan fingerprint density at radius 3 is 1.97 bits per heavy atom. The van der Waals surface area contributed by atoms with Crippen LogP contribution in [0.3, 0.4) is 0 Å². The van der Waals surface area contributed by atoms with E-state index in [9.17, 15) is 13.2 Å². The first kappa shape index (κ1) is 25.1. The smallest absolute Gasteiger partial charge is 0.261 e. The largest absolute Gasteiger partial charge is 0.324 e. The predicted molar refractivity (Wildman–Crippen MR) is 159 cm³/mol. The van der Waals surface area contributed by atoms with Crippen molar-refractivity contribution >= 4 is 48.9 Å². The molecule has 0 aliphatic carbocycles. The molecule has 0 unspecified atom stereocenters. The highest BCUT2D eigenvalue weighted by atomic mass is 32.2. The quantitative estimate of drug-likeness (QED) is 0.233. The molecule has 0 radical (unpaired) electrons. The van der Waals surface area contributed by atoms with Crippen LogP contribution < -0.4 is 15.4 Å². The van der Waals surface area contributed by atoms with Crippen LogP contribution in [0.5, 0.6) is 0 Å². The molecule has 1 saturated heterocycles. The minimum Gasteiger partial charge on any atom is -0.324 e. The van der Waals surface area contributed by atoms with Crippen molar-refractivity contribution in [2.75, 3.05) is 16.6 Å². The third kappa shape index (κ3) is 4.87. The molecule has 0 bridgehead atoms. The molecule has 0 aromatic heterocycles. The molecular formula is C32H29N3O3S. The number of carbonyl (C=O) groups excluding carboxylic acids is 1. The highest BCUT2D eigenvalue weighted by Crippen LogP contribution is 2.44. The van der Waals surface area contributed by atoms with Crippen LogP contribution in [0.25, 0.3) is 32.7 Å². The van der Waals surface area contributed by atoms with E-state index in [0.29, 0.717) is 11.4 Å². The Balaban J connectivity index is 1.58. The molecule has 39 heavy (non-hydrogen) atoms. The zero-order valence-corrected chi connectivity index (χ0v) is 22.4. The molecule has 0 saturated carbocycles. The number of hydrogen-bond acceptors (Lipinski definition) is 4. The van der Waals surface area contributed by atoms with Gasteiger partial charge in [-0.2, -0.15) is 0 Å². The number of hydrogen-bond donors (Lipinski definition) is 3. The maximum absolute atomic E-state index is 13.5. The summed E-state index contributed by atoms with van der Waals surface area (Å²) >= 11 is 0. The van der Waals surface area contributed by atoms with Gasteiger partial charge in [0.05, 0.1) is 16.6 Å². The Morgan fingerprint density at radius 2 is 1.36 bits per heavy atom. The number of amides is 1. The fourth-order valence-corrected chi connectivity index (χ4v) is 6.39. The van der Waals surface area contributed by atoms with Gasteiger partial charge in [0, 0.05) is 16.8 Å². The van der Waals surface area contributed by atoms with Crippen LogP contribution in [0.4, 0.5) is 11.4 Å². The molecule has 1 fully saturated rings. The van der Waals surface area contributed by atoms with E-state index >= 15 is 0 Å². The fraction of sp³-hybridized carbons (Fsp3) is 0.156. The number of nitrogens with one attached hydrogen (secondary N) is 3. The van der Waals surface area contributed by atoms with Gasteiger partial charge in [0.15, 0.2) is 0 Å². The van der Waals surface area contributed by atoms with Crippen LogP contribution in [0.1, 0.15) is 18.4 Å². The lowest BCUT2D eigenvalue weighted by Gasteiger charge is -2.21. The van der Waals surface area contributed by atoms with E-state index in [1.807, 2.05) is 73.7 Å². The van der Waals surface area contributed by atoms with E-state index in [2.05, 4.69) is 15.4 Å². The molecule has 1 heterocycles. The normalized spacial score (nSPS) is 15.5. The molecular weight excluding hydrogens is 506 g/mol. The molecule has 5 aromatic rings. The van der Waals surface area contributed by atoms with E-state index < -0.39 is 10.0 Å². The van der Waals surface area contributed by atoms with Gasteiger partial charge in [-0.05, 0) is 72.1 Å². The van der Waals surface area contributed by atoms with E-state index in [1.54, 1.807) is 30.3 Å². The summed E-state index contributed by atoms with van der Waals surface area (Å²) in [7, 11) is -3.88. The van der Waals surface area contributed by atoms with Crippen molar-refractivity contribution in [2.24, 2.45) is 0 Å². The van der Waals surface area contributed by atoms with Crippen LogP contribution in [-0.2, 0) is 14.8 Å². The number of aryl methyl sites for hydroxylation is 1. The Kier molecular flexibility index (Phi) is 6.54. The van der Waals surface area contributed by atoms with Crippen molar-refractivity contribution in [2.45, 2.75) is 30.7 Å². The number of fused-ring (bicyclic) bond motifs is 2. The second-order valence-electron chi connectivity index (χ2n) is 9.98. The topological polar surface area (TPSA) is 87.3 Å². The first-order valence-electron chi connectivity index (χ1n) is 13.1. The summed E-state index contributed by atoms with van der Waals surface area (Å²) in [4.78, 5) is 13.4. The summed E-state index contributed by atoms with van der Waals surface area (Å²) in [6, 6.07) is 30.0. The SMILES string of the molecule is Cc1ccc(S(=O)(=O)Nc2ccc3ccccc3c2-c2c(NC(=O)[C@@H]3CCCN3)ccc3ccccc23)cc1. The van der Waals surface area contributed by atoms with Crippen molar-refractivity contribution in [3.05, 3.63) is 103 Å². The number of sulfonamides is 1. The highest BCUT2D eigenvalue weighted by Gasteiger charge is 2.25. The molecule has 1 aliphatic rings. The van der Waals surface area contributed by atoms with Crippen molar-refractivity contribution in [1.29, 1.82) is 0 Å². The number of anilines is 2. The standard InChI is InChI=1S/C32H29N3O3S/c1-21-12-16-24(17-13-21)39(37,38)35-28-19-15-23-8-3-5-10-26(23)31(28)30-25-9-4-2-7-22(25)14-18-27(30)34-32(36)29-11-6-20-33-29/h2-5,7-10,12-19,29,33,35H,6,11,20H2,1H3,(H,34,36)/t29-/m0/s1. The summed E-state index contributed by atoms with van der Waals surface area (Å²) in [5.74, 6) is -0.0916. The Morgan fingerprint density at radius 1 is 0.769 bits per heavy atom. The zero-order valence-electron chi connectivity index (χ0n) is 21.6. The average Bonchev–Trinajstić information content (AvgIpc) is 3.49. The third-order valence-corrected chi connectivity index (χ3v) is 8.70. The van der Waals surface area contributed by atoms with Crippen LogP contribution in [0, 0.1) is 6.92 Å². The molecule has 6 rings (SSSR count). The van der Waals surface area contributed by atoms with Gasteiger partial charge in [0.2, 0.25) is 5.91 Å². The van der Waals surface area contributed by atoms with Gasteiger partial charge in [-0.3, -0.25) is 9.52 Å². The van der Waals surface area contributed by atoms with Crippen molar-refractivity contribution in [3.8, 4) is 11.1 Å². The first-order chi connectivity index (χ1) is 18.9. The van der Waals surface area contributed by atoms with Crippen LogP contribution in [0.2, 0.25) is 0 Å². The van der Waals surface area contributed by atoms with E-state index in [0.717, 1.165) is 57.6 Å². The molecule has 196 valence electrons. The Labute approximate surface area is 228 Å². The Hall–Kier alpha value is -4.20. The van der Waals surface area contributed by atoms with Crippen LogP contribution >= 0.6 is 0 Å². The number of carbonyl (C=O) groups is 1. The molecule has 7 heteroatoms. The van der Waals surface area contributed by atoms with E-state index in [4.69, 9.17) is 0 Å². The maximum atomic E-state index is 13.5. The van der Waals surface area contributed by atoms with Crippen LogP contribution in [0.15, 0.2) is 102 Å². The zero-order chi connectivity index (χ0) is 27.0. The summed E-state index contributed by atoms with van der Waals surface area (Å²) in [5, 5.41) is 10.2. The van der Waals surface area contributed by atoms with Crippen molar-refractivity contribution < 1.29 is 13.2 Å². The molecule has 1 atom stereocenters. The molecule has 1 aliphatic heterocycles. The second-order valence-corrected chi connectivity index (χ2v) is 11.7. The van der Waals surface area contributed by atoms with Gasteiger partial charge >= 0.3 is 0 Å². The summed E-state index contributed by atoms with van der Waals surface area (Å²) in [6.07, 6.45) is 1.74. The van der Waals surface area contributed by atoms with Crippen LogP contribution in [-0.4, -0.2) is 26.9 Å². The maximum Gasteiger partial charge on any atom is 0.261 e. The molecule has 3 N–H and O–H groups in total. The fourth-order valence-electron chi connectivity index (χ4n) is 5.32. The number of benzene rings is 5. The summed E-state index contributed by atoms with van der Waals surface area (Å²) < 4.78 is 29.9. The highest BCUT2D eigenvalue weighted by molar-refractivity contribution is 7.92. The van der Waals surface area contributed by atoms with Gasteiger partial charge in [-0.15, -0.1) is 0 Å². The van der Waals surface area contributed by atoms with Crippen molar-refractivity contribution in [1.82, 2.24) is 5.32 Å². The average molecular weight is 536 g/mol. The monoisotopic (exact) mass is 535 g/mol. The van der Waals surface area contributed by atoms with E-state index in [1.165, 1.54) is 0 Å².